The number of nitro groups is 1. The third-order valence-electron chi connectivity index (χ3n) is 5.11. The molecule has 1 aliphatic heterocycles. The fourth-order valence-electron chi connectivity index (χ4n) is 3.43. The van der Waals surface area contributed by atoms with Gasteiger partial charge in [-0.05, 0) is 12.5 Å². The molecule has 3 aromatic rings. The maximum atomic E-state index is 10.8. The molecule has 1 aliphatic rings. The summed E-state index contributed by atoms with van der Waals surface area (Å²) in [5, 5.41) is 43.6. The van der Waals surface area contributed by atoms with Crippen LogP contribution in [0.25, 0.3) is 11.2 Å². The van der Waals surface area contributed by atoms with Crippen molar-refractivity contribution in [3.63, 3.8) is 0 Å². The smallest absolute Gasteiger partial charge is 0.269 e. The molecule has 0 spiro atoms. The maximum Gasteiger partial charge on any atom is 0.269 e. The van der Waals surface area contributed by atoms with E-state index in [1.807, 2.05) is 6.92 Å². The fourth-order valence-corrected chi connectivity index (χ4v) is 3.43. The van der Waals surface area contributed by atoms with E-state index in [1.54, 1.807) is 12.1 Å². The molecule has 0 amide bonds. The van der Waals surface area contributed by atoms with E-state index >= 15 is 0 Å². The predicted octanol–water partition coefficient (Wildman–Crippen LogP) is 0.519. The number of hydrogen-bond acceptors (Lipinski definition) is 10. The van der Waals surface area contributed by atoms with E-state index in [1.165, 1.54) is 29.4 Å². The molecule has 4 N–H and O–H groups in total. The lowest BCUT2D eigenvalue weighted by Gasteiger charge is -2.17. The van der Waals surface area contributed by atoms with Crippen molar-refractivity contribution in [3.05, 3.63) is 52.6 Å². The Kier molecular flexibility index (Phi) is 5.30. The minimum absolute atomic E-state index is 0.00705. The van der Waals surface area contributed by atoms with E-state index in [-0.39, 0.29) is 11.7 Å². The van der Waals surface area contributed by atoms with Crippen molar-refractivity contribution >= 4 is 22.7 Å². The zero-order valence-corrected chi connectivity index (χ0v) is 15.9. The van der Waals surface area contributed by atoms with E-state index in [9.17, 15) is 25.4 Å². The van der Waals surface area contributed by atoms with Gasteiger partial charge in [-0.1, -0.05) is 12.1 Å². The molecule has 1 aromatic carbocycles. The number of nitrogens with zero attached hydrogens (tertiary/aromatic N) is 5. The average molecular weight is 416 g/mol. The summed E-state index contributed by atoms with van der Waals surface area (Å²) in [6.07, 6.45) is -1.63. The number of non-ortho nitro benzene ring substituents is 1. The average Bonchev–Trinajstić information content (AvgIpc) is 3.30. The van der Waals surface area contributed by atoms with E-state index in [2.05, 4.69) is 20.3 Å². The molecule has 158 valence electrons. The Balaban J connectivity index is 1.60. The second-order valence-electron chi connectivity index (χ2n) is 6.99. The molecule has 30 heavy (non-hydrogen) atoms. The highest BCUT2D eigenvalue weighted by Crippen LogP contribution is 2.32. The van der Waals surface area contributed by atoms with Crippen LogP contribution in [0.1, 0.15) is 24.8 Å². The Morgan fingerprint density at radius 1 is 1.23 bits per heavy atom. The van der Waals surface area contributed by atoms with Gasteiger partial charge in [0.15, 0.2) is 23.2 Å². The second-order valence-corrected chi connectivity index (χ2v) is 6.99. The van der Waals surface area contributed by atoms with Gasteiger partial charge in [-0.25, -0.2) is 15.0 Å². The number of aromatic nitrogens is 4. The highest BCUT2D eigenvalue weighted by atomic mass is 16.6. The van der Waals surface area contributed by atoms with Crippen molar-refractivity contribution in [1.29, 1.82) is 0 Å². The van der Waals surface area contributed by atoms with Crippen molar-refractivity contribution in [3.8, 4) is 0 Å². The summed E-state index contributed by atoms with van der Waals surface area (Å²) < 4.78 is 7.02. The first-order valence-electron chi connectivity index (χ1n) is 9.21. The first-order chi connectivity index (χ1) is 14.4. The van der Waals surface area contributed by atoms with Gasteiger partial charge >= 0.3 is 0 Å². The molecule has 0 aliphatic carbocycles. The number of imidazole rings is 1. The number of rotatable bonds is 6. The lowest BCUT2D eigenvalue weighted by atomic mass is 10.1. The molecular weight excluding hydrogens is 396 g/mol. The van der Waals surface area contributed by atoms with Crippen molar-refractivity contribution in [1.82, 2.24) is 19.5 Å². The molecule has 0 saturated carbocycles. The highest BCUT2D eigenvalue weighted by Gasteiger charge is 2.44. The molecule has 1 saturated heterocycles. The van der Waals surface area contributed by atoms with Crippen LogP contribution in [0.4, 0.5) is 11.5 Å². The second kappa shape index (κ2) is 7.91. The molecule has 5 atom stereocenters. The van der Waals surface area contributed by atoms with E-state index in [0.717, 1.165) is 5.56 Å². The number of hydrogen-bond donors (Lipinski definition) is 4. The number of nitrogens with one attached hydrogen (secondary N) is 1. The number of nitro benzene ring substituents is 1. The quantitative estimate of drug-likeness (QED) is 0.328. The Morgan fingerprint density at radius 3 is 2.60 bits per heavy atom. The summed E-state index contributed by atoms with van der Waals surface area (Å²) in [4.78, 5) is 23.1. The highest BCUT2D eigenvalue weighted by molar-refractivity contribution is 5.82. The topological polar surface area (TPSA) is 169 Å². The van der Waals surface area contributed by atoms with Crippen LogP contribution in [-0.4, -0.2) is 64.7 Å². The van der Waals surface area contributed by atoms with E-state index < -0.39 is 36.1 Å². The number of aliphatic hydroxyl groups excluding tert-OH is 3. The summed E-state index contributed by atoms with van der Waals surface area (Å²) in [6, 6.07) is 5.94. The molecule has 4 unspecified atom stereocenters. The summed E-state index contributed by atoms with van der Waals surface area (Å²) in [7, 11) is 0. The van der Waals surface area contributed by atoms with Crippen LogP contribution in [0, 0.1) is 10.1 Å². The summed E-state index contributed by atoms with van der Waals surface area (Å²) in [6.45, 7) is 1.44. The van der Waals surface area contributed by atoms with Gasteiger partial charge in [-0.2, -0.15) is 0 Å². The Bertz CT molecular complexity index is 1060. The van der Waals surface area contributed by atoms with Crippen molar-refractivity contribution in [2.24, 2.45) is 0 Å². The maximum absolute atomic E-state index is 10.8. The van der Waals surface area contributed by atoms with E-state index in [4.69, 9.17) is 4.74 Å². The van der Waals surface area contributed by atoms with Crippen LogP contribution in [0.15, 0.2) is 36.9 Å². The van der Waals surface area contributed by atoms with Crippen molar-refractivity contribution < 1.29 is 25.0 Å². The molecule has 0 radical (unpaired) electrons. The number of ether oxygens (including phenoxy) is 1. The standard InChI is InChI=1S/C18H20N6O6/c1-9(10-2-4-11(5-3-10)24(28)29)22-16-13-17(20-7-19-16)23(8-21-13)18-15(27)14(26)12(6-25)30-18/h2-5,7-9,12,14-15,18,25-27H,6H2,1H3,(H,19,20,22)/t9-,12?,14?,15?,18?/m0/s1. The predicted molar refractivity (Wildman–Crippen MR) is 103 cm³/mol. The number of benzene rings is 1. The van der Waals surface area contributed by atoms with Crippen molar-refractivity contribution in [2.75, 3.05) is 11.9 Å². The number of anilines is 1. The van der Waals surface area contributed by atoms with Gasteiger partial charge in [-0.3, -0.25) is 14.7 Å². The van der Waals surface area contributed by atoms with Gasteiger partial charge < -0.3 is 25.4 Å². The summed E-state index contributed by atoms with van der Waals surface area (Å²) >= 11 is 0. The zero-order chi connectivity index (χ0) is 21.4. The molecule has 3 heterocycles. The van der Waals surface area contributed by atoms with Crippen LogP contribution < -0.4 is 5.32 Å². The van der Waals surface area contributed by atoms with Crippen LogP contribution in [0.3, 0.4) is 0 Å². The first kappa shape index (κ1) is 20.1. The lowest BCUT2D eigenvalue weighted by Crippen LogP contribution is -2.33. The Morgan fingerprint density at radius 2 is 1.97 bits per heavy atom. The normalized spacial score (nSPS) is 24.8. The minimum atomic E-state index is -1.26. The minimum Gasteiger partial charge on any atom is -0.394 e. The Labute approximate surface area is 169 Å². The molecule has 12 nitrogen and oxygen atoms in total. The molecule has 12 heteroatoms. The van der Waals surface area contributed by atoms with Crippen LogP contribution >= 0.6 is 0 Å². The molecular formula is C18H20N6O6. The molecule has 4 rings (SSSR count). The van der Waals surface area contributed by atoms with Crippen LogP contribution in [-0.2, 0) is 4.74 Å². The third kappa shape index (κ3) is 3.45. The summed E-state index contributed by atoms with van der Waals surface area (Å²) in [5.41, 5.74) is 1.62. The van der Waals surface area contributed by atoms with Gasteiger partial charge in [-0.15, -0.1) is 0 Å². The summed E-state index contributed by atoms with van der Waals surface area (Å²) in [5.74, 6) is 0.427. The van der Waals surface area contributed by atoms with Gasteiger partial charge in [0, 0.05) is 12.1 Å². The lowest BCUT2D eigenvalue weighted by molar-refractivity contribution is -0.384. The largest absolute Gasteiger partial charge is 0.394 e. The van der Waals surface area contributed by atoms with Gasteiger partial charge in [0.2, 0.25) is 0 Å². The first-order valence-corrected chi connectivity index (χ1v) is 9.21. The van der Waals surface area contributed by atoms with Crippen LogP contribution in [0.5, 0.6) is 0 Å². The van der Waals surface area contributed by atoms with E-state index in [0.29, 0.717) is 17.0 Å². The van der Waals surface area contributed by atoms with Crippen molar-refractivity contribution in [2.45, 2.75) is 37.5 Å². The number of aliphatic hydroxyl groups is 3. The Hall–Kier alpha value is -3.19. The van der Waals surface area contributed by atoms with Crippen LogP contribution in [0.2, 0.25) is 0 Å². The number of fused-ring (bicyclic) bond motifs is 1. The monoisotopic (exact) mass is 416 g/mol. The molecule has 2 aromatic heterocycles. The third-order valence-corrected chi connectivity index (χ3v) is 5.11. The fraction of sp³-hybridized carbons (Fsp3) is 0.389. The zero-order valence-electron chi connectivity index (χ0n) is 15.9. The SMILES string of the molecule is C[C@H](Nc1ncnc2c1ncn2C1OC(CO)C(O)C1O)c1ccc([N+](=O)[O-])cc1. The van der Waals surface area contributed by atoms with Gasteiger partial charge in [0.05, 0.1) is 23.9 Å². The van der Waals surface area contributed by atoms with Gasteiger partial charge in [0.1, 0.15) is 24.6 Å². The van der Waals surface area contributed by atoms with Gasteiger partial charge in [0.25, 0.3) is 5.69 Å². The molecule has 0 bridgehead atoms. The molecule has 1 fully saturated rings.